The van der Waals surface area contributed by atoms with Crippen LogP contribution in [0, 0.1) is 5.82 Å². The topological polar surface area (TPSA) is 131 Å². The van der Waals surface area contributed by atoms with Crippen LogP contribution in [0.3, 0.4) is 0 Å². The van der Waals surface area contributed by atoms with Gasteiger partial charge in [0.2, 0.25) is 15.8 Å². The van der Waals surface area contributed by atoms with Crippen LogP contribution in [-0.4, -0.2) is 53.5 Å². The summed E-state index contributed by atoms with van der Waals surface area (Å²) in [4.78, 5) is 29.3. The van der Waals surface area contributed by atoms with Crippen LogP contribution in [0.4, 0.5) is 4.39 Å². The van der Waals surface area contributed by atoms with Crippen LogP contribution < -0.4 is 10.9 Å². The van der Waals surface area contributed by atoms with Crippen molar-refractivity contribution < 1.29 is 27.4 Å². The summed E-state index contributed by atoms with van der Waals surface area (Å²) in [6, 6.07) is 3.24. The van der Waals surface area contributed by atoms with Crippen LogP contribution >= 0.6 is 0 Å². The van der Waals surface area contributed by atoms with E-state index >= 15 is 0 Å². The number of hydrogen-bond donors (Lipinski definition) is 2. The minimum absolute atomic E-state index is 0.144. The Morgan fingerprint density at radius 2 is 2.09 bits per heavy atom. The number of halogens is 1. The molecule has 180 valence electrons. The van der Waals surface area contributed by atoms with E-state index in [0.717, 1.165) is 16.4 Å². The predicted octanol–water partition coefficient (Wildman–Crippen LogP) is 1.31. The van der Waals surface area contributed by atoms with Crippen molar-refractivity contribution in [1.29, 1.82) is 0 Å². The number of nitrogens with zero attached hydrogens (tertiary/aromatic N) is 3. The van der Waals surface area contributed by atoms with Gasteiger partial charge in [-0.05, 0) is 38.0 Å². The number of carbonyl (C=O) groups excluding carboxylic acids is 1. The van der Waals surface area contributed by atoms with Crippen molar-refractivity contribution in [2.75, 3.05) is 20.2 Å². The van der Waals surface area contributed by atoms with Gasteiger partial charge < -0.3 is 15.2 Å². The maximum absolute atomic E-state index is 13.9. The number of amides is 1. The summed E-state index contributed by atoms with van der Waals surface area (Å²) in [6.07, 6.45) is 0.565. The molecule has 0 atom stereocenters. The third-order valence-corrected chi connectivity index (χ3v) is 7.31. The first-order valence-electron chi connectivity index (χ1n) is 10.4. The zero-order valence-corrected chi connectivity index (χ0v) is 19.7. The molecule has 1 amide bonds. The molecule has 33 heavy (non-hydrogen) atoms. The number of fused-ring (bicyclic) bond motifs is 1. The molecule has 2 heterocycles. The number of benzene rings is 1. The second-order valence-electron chi connectivity index (χ2n) is 8.21. The molecule has 1 aromatic heterocycles. The average molecular weight is 483 g/mol. The molecule has 10 nitrogen and oxygen atoms in total. The van der Waals surface area contributed by atoms with Crippen LogP contribution in [-0.2, 0) is 33.5 Å². The van der Waals surface area contributed by atoms with Crippen molar-refractivity contribution in [2.24, 2.45) is 0 Å². The zero-order chi connectivity index (χ0) is 24.6. The Morgan fingerprint density at radius 1 is 1.39 bits per heavy atom. The molecule has 1 aliphatic heterocycles. The number of nitrogens with one attached hydrogen (secondary N) is 1. The van der Waals surface area contributed by atoms with E-state index in [2.05, 4.69) is 10.3 Å². The summed E-state index contributed by atoms with van der Waals surface area (Å²) < 4.78 is 47.6. The second-order valence-corrected chi connectivity index (χ2v) is 10.2. The van der Waals surface area contributed by atoms with Crippen molar-refractivity contribution in [3.05, 3.63) is 51.5 Å². The quantitative estimate of drug-likeness (QED) is 0.608. The number of aromatic hydroxyl groups is 1. The largest absolute Gasteiger partial charge is 0.501 e. The maximum atomic E-state index is 13.9. The molecule has 1 aliphatic rings. The number of rotatable bonds is 7. The molecule has 2 aromatic rings. The van der Waals surface area contributed by atoms with Crippen LogP contribution in [0.15, 0.2) is 27.9 Å². The molecule has 1 aromatic carbocycles. The zero-order valence-electron chi connectivity index (χ0n) is 18.9. The van der Waals surface area contributed by atoms with E-state index in [1.54, 1.807) is 13.8 Å². The lowest BCUT2D eigenvalue weighted by molar-refractivity contribution is -0.0566. The summed E-state index contributed by atoms with van der Waals surface area (Å²) in [6.45, 7) is 5.55. The van der Waals surface area contributed by atoms with Crippen LogP contribution in [0.2, 0.25) is 0 Å². The highest BCUT2D eigenvalue weighted by Crippen LogP contribution is 2.27. The minimum atomic E-state index is -4.00. The molecular weight excluding hydrogens is 455 g/mol. The molecule has 0 radical (unpaired) electrons. The minimum Gasteiger partial charge on any atom is -0.501 e. The van der Waals surface area contributed by atoms with Gasteiger partial charge in [0.1, 0.15) is 17.2 Å². The summed E-state index contributed by atoms with van der Waals surface area (Å²) in [5.41, 5.74) is -2.08. The van der Waals surface area contributed by atoms with E-state index in [4.69, 9.17) is 4.74 Å². The Balaban J connectivity index is 1.93. The van der Waals surface area contributed by atoms with Gasteiger partial charge in [0.25, 0.3) is 11.5 Å². The maximum Gasteiger partial charge on any atom is 0.296 e. The van der Waals surface area contributed by atoms with E-state index in [-0.39, 0.29) is 42.5 Å². The normalized spacial score (nSPS) is 15.3. The summed E-state index contributed by atoms with van der Waals surface area (Å²) in [7, 11) is -2.61. The molecule has 2 N–H and O–H groups in total. The van der Waals surface area contributed by atoms with Gasteiger partial charge in [-0.2, -0.15) is 0 Å². The Labute approximate surface area is 191 Å². The lowest BCUT2D eigenvalue weighted by Gasteiger charge is -2.32. The first kappa shape index (κ1) is 24.8. The van der Waals surface area contributed by atoms with E-state index in [1.807, 2.05) is 6.92 Å². The van der Waals surface area contributed by atoms with Crippen LogP contribution in [0.25, 0.3) is 0 Å². The fourth-order valence-electron chi connectivity index (χ4n) is 3.60. The Hall–Kier alpha value is -2.83. The third-order valence-electron chi connectivity index (χ3n) is 5.37. The third kappa shape index (κ3) is 4.77. The number of carbonyl (C=O) groups is 1. The first-order chi connectivity index (χ1) is 15.4. The molecule has 0 unspecified atom stereocenters. The average Bonchev–Trinajstić information content (AvgIpc) is 2.75. The highest BCUT2D eigenvalue weighted by Gasteiger charge is 2.34. The van der Waals surface area contributed by atoms with Crippen molar-refractivity contribution in [3.8, 4) is 5.75 Å². The Kier molecular flexibility index (Phi) is 6.91. The monoisotopic (exact) mass is 482 g/mol. The smallest absolute Gasteiger partial charge is 0.296 e. The van der Waals surface area contributed by atoms with E-state index < -0.39 is 44.4 Å². The van der Waals surface area contributed by atoms with Gasteiger partial charge in [-0.25, -0.2) is 22.1 Å². The van der Waals surface area contributed by atoms with Crippen molar-refractivity contribution in [1.82, 2.24) is 19.2 Å². The molecule has 0 spiro atoms. The number of ether oxygens (including phenoxy) is 1. The predicted molar refractivity (Wildman–Crippen MR) is 117 cm³/mol. The molecular formula is C21H27FN4O6S. The van der Waals surface area contributed by atoms with Gasteiger partial charge in [0.05, 0.1) is 18.0 Å². The van der Waals surface area contributed by atoms with Gasteiger partial charge in [-0.1, -0.05) is 13.0 Å². The lowest BCUT2D eigenvalue weighted by Crippen LogP contribution is -2.42. The van der Waals surface area contributed by atoms with Gasteiger partial charge in [0.15, 0.2) is 5.69 Å². The van der Waals surface area contributed by atoms with E-state index in [9.17, 15) is 27.5 Å². The number of aromatic nitrogens is 2. The standard InChI is InChI=1S/C21H27FN4O6S/c1-5-8-25(4)33(30,31)15-11-14(22)7-6-13(15)12-23-18(28)16-17(27)19(29)26-9-10-32-21(2,3)20(26)24-16/h6-7,11,27H,5,8-10,12H2,1-4H3,(H,23,28). The molecule has 0 fully saturated rings. The highest BCUT2D eigenvalue weighted by molar-refractivity contribution is 7.89. The van der Waals surface area contributed by atoms with E-state index in [1.165, 1.54) is 17.7 Å². The molecule has 3 rings (SSSR count). The fourth-order valence-corrected chi connectivity index (χ4v) is 5.10. The van der Waals surface area contributed by atoms with Gasteiger partial charge in [0, 0.05) is 20.1 Å². The van der Waals surface area contributed by atoms with Gasteiger partial charge in [-0.3, -0.25) is 14.2 Å². The molecule has 0 bridgehead atoms. The second kappa shape index (κ2) is 9.20. The van der Waals surface area contributed by atoms with Gasteiger partial charge >= 0.3 is 0 Å². The number of hydrogen-bond acceptors (Lipinski definition) is 7. The highest BCUT2D eigenvalue weighted by atomic mass is 32.2. The summed E-state index contributed by atoms with van der Waals surface area (Å²) in [5, 5.41) is 12.8. The van der Waals surface area contributed by atoms with Crippen molar-refractivity contribution in [2.45, 2.75) is 50.8 Å². The fraction of sp³-hybridized carbons (Fsp3) is 0.476. The Morgan fingerprint density at radius 3 is 2.76 bits per heavy atom. The van der Waals surface area contributed by atoms with Gasteiger partial charge in [-0.15, -0.1) is 0 Å². The molecule has 12 heteroatoms. The van der Waals surface area contributed by atoms with Crippen LogP contribution in [0.5, 0.6) is 5.75 Å². The molecule has 0 saturated carbocycles. The Bertz CT molecular complexity index is 1240. The van der Waals surface area contributed by atoms with Crippen molar-refractivity contribution in [3.63, 3.8) is 0 Å². The number of sulfonamides is 1. The summed E-state index contributed by atoms with van der Waals surface area (Å²) >= 11 is 0. The van der Waals surface area contributed by atoms with Crippen molar-refractivity contribution >= 4 is 15.9 Å². The molecule has 0 aliphatic carbocycles. The first-order valence-corrected chi connectivity index (χ1v) is 11.9. The molecule has 0 saturated heterocycles. The van der Waals surface area contributed by atoms with E-state index in [0.29, 0.717) is 6.42 Å². The van der Waals surface area contributed by atoms with Crippen LogP contribution in [0.1, 0.15) is 49.1 Å². The summed E-state index contributed by atoms with van der Waals surface area (Å²) in [5.74, 6) is -2.25. The lowest BCUT2D eigenvalue weighted by atomic mass is 10.1. The SMILES string of the molecule is CCCN(C)S(=O)(=O)c1cc(F)ccc1CNC(=O)c1nc2n(c(=O)c1O)CCOC2(C)C.